The molecule has 0 atom stereocenters. The van der Waals surface area contributed by atoms with Crippen LogP contribution < -0.4 is 5.32 Å². The van der Waals surface area contributed by atoms with Crippen molar-refractivity contribution in [3.8, 4) is 0 Å². The van der Waals surface area contributed by atoms with Crippen molar-refractivity contribution in [3.63, 3.8) is 0 Å². The molecule has 0 aromatic heterocycles. The lowest BCUT2D eigenvalue weighted by Gasteiger charge is -2.24. The summed E-state index contributed by atoms with van der Waals surface area (Å²) in [6.07, 6.45) is 6.26. The Morgan fingerprint density at radius 3 is 2.78 bits per heavy atom. The quantitative estimate of drug-likeness (QED) is 0.849. The maximum atomic E-state index is 12.8. The van der Waals surface area contributed by atoms with Gasteiger partial charge < -0.3 is 10.2 Å². The van der Waals surface area contributed by atoms with Crippen LogP contribution in [0.5, 0.6) is 0 Å². The van der Waals surface area contributed by atoms with Gasteiger partial charge in [-0.15, -0.1) is 0 Å². The van der Waals surface area contributed by atoms with Crippen LogP contribution in [0.2, 0.25) is 0 Å². The van der Waals surface area contributed by atoms with Crippen molar-refractivity contribution < 1.29 is 9.59 Å². The maximum absolute atomic E-state index is 12.8. The highest BCUT2D eigenvalue weighted by molar-refractivity contribution is 6.29. The molecule has 4 nitrogen and oxygen atoms in total. The van der Waals surface area contributed by atoms with Gasteiger partial charge in [0.05, 0.1) is 5.56 Å². The fraction of sp³-hybridized carbons (Fsp3) is 0.368. The van der Waals surface area contributed by atoms with E-state index in [2.05, 4.69) is 10.2 Å². The Bertz CT molecular complexity index is 714. The first-order chi connectivity index (χ1) is 11.1. The van der Waals surface area contributed by atoms with Crippen molar-refractivity contribution in [2.24, 2.45) is 0 Å². The SMILES string of the molecule is CN(C)CCCNc1cccc2c1C(=O)C1=C(CCC=C1)C2=O. The van der Waals surface area contributed by atoms with E-state index in [-0.39, 0.29) is 11.6 Å². The Kier molecular flexibility index (Phi) is 4.44. The van der Waals surface area contributed by atoms with Gasteiger partial charge in [-0.05, 0) is 46.0 Å². The van der Waals surface area contributed by atoms with E-state index < -0.39 is 0 Å². The molecule has 0 unspecified atom stereocenters. The zero-order valence-electron chi connectivity index (χ0n) is 13.7. The summed E-state index contributed by atoms with van der Waals surface area (Å²) in [4.78, 5) is 27.7. The zero-order chi connectivity index (χ0) is 16.4. The number of hydrogen-bond donors (Lipinski definition) is 1. The van der Waals surface area contributed by atoms with Crippen LogP contribution in [0.4, 0.5) is 5.69 Å². The van der Waals surface area contributed by atoms with Gasteiger partial charge in [0.2, 0.25) is 0 Å². The summed E-state index contributed by atoms with van der Waals surface area (Å²) < 4.78 is 0. The molecule has 0 radical (unpaired) electrons. The van der Waals surface area contributed by atoms with E-state index in [9.17, 15) is 9.59 Å². The first-order valence-electron chi connectivity index (χ1n) is 8.10. The minimum atomic E-state index is -0.0266. The van der Waals surface area contributed by atoms with E-state index >= 15 is 0 Å². The Morgan fingerprint density at radius 1 is 1.17 bits per heavy atom. The molecule has 0 aliphatic heterocycles. The average molecular weight is 310 g/mol. The van der Waals surface area contributed by atoms with Gasteiger partial charge in [-0.3, -0.25) is 9.59 Å². The van der Waals surface area contributed by atoms with Gasteiger partial charge in [-0.1, -0.05) is 24.3 Å². The standard InChI is InChI=1S/C19H22N2O2/c1-21(2)12-6-11-20-16-10-5-9-15-17(16)19(23)14-8-4-3-7-13(14)18(15)22/h4-5,8-10,20H,3,6-7,11-12H2,1-2H3. The molecule has 1 N–H and O–H groups in total. The first kappa shape index (κ1) is 15.7. The van der Waals surface area contributed by atoms with E-state index in [1.54, 1.807) is 6.07 Å². The van der Waals surface area contributed by atoms with E-state index in [1.165, 1.54) is 0 Å². The summed E-state index contributed by atoms with van der Waals surface area (Å²) in [6.45, 7) is 1.75. The lowest BCUT2D eigenvalue weighted by molar-refractivity contribution is 0.0974. The number of Topliss-reactive ketones (excluding diaryl/α,β-unsaturated/α-hetero) is 2. The van der Waals surface area contributed by atoms with Gasteiger partial charge >= 0.3 is 0 Å². The minimum Gasteiger partial charge on any atom is -0.384 e. The number of ketones is 2. The Morgan fingerprint density at radius 2 is 2.00 bits per heavy atom. The fourth-order valence-electron chi connectivity index (χ4n) is 3.16. The van der Waals surface area contributed by atoms with Gasteiger partial charge in [-0.2, -0.15) is 0 Å². The number of nitrogens with one attached hydrogen (secondary N) is 1. The van der Waals surface area contributed by atoms with E-state index in [0.29, 0.717) is 28.7 Å². The molecule has 23 heavy (non-hydrogen) atoms. The second-order valence-corrected chi connectivity index (χ2v) is 6.30. The Hall–Kier alpha value is -2.20. The summed E-state index contributed by atoms with van der Waals surface area (Å²) in [5, 5.41) is 3.33. The van der Waals surface area contributed by atoms with Crippen LogP contribution in [0.25, 0.3) is 0 Å². The third-order valence-electron chi connectivity index (χ3n) is 4.32. The molecule has 0 saturated heterocycles. The van der Waals surface area contributed by atoms with Crippen LogP contribution in [0, 0.1) is 0 Å². The minimum absolute atomic E-state index is 0.0101. The molecular weight excluding hydrogens is 288 g/mol. The third kappa shape index (κ3) is 2.99. The van der Waals surface area contributed by atoms with Crippen molar-refractivity contribution in [1.29, 1.82) is 0 Å². The number of hydrogen-bond acceptors (Lipinski definition) is 4. The van der Waals surface area contributed by atoms with E-state index in [0.717, 1.165) is 31.6 Å². The predicted octanol–water partition coefficient (Wildman–Crippen LogP) is 3.08. The second kappa shape index (κ2) is 6.50. The van der Waals surface area contributed by atoms with Crippen molar-refractivity contribution in [1.82, 2.24) is 4.90 Å². The maximum Gasteiger partial charge on any atom is 0.196 e. The van der Waals surface area contributed by atoms with Crippen LogP contribution in [0.1, 0.15) is 40.0 Å². The number of benzene rings is 1. The predicted molar refractivity (Wildman–Crippen MR) is 92.2 cm³/mol. The van der Waals surface area contributed by atoms with Crippen LogP contribution in [-0.2, 0) is 0 Å². The number of nitrogens with zero attached hydrogens (tertiary/aromatic N) is 1. The molecule has 1 aromatic carbocycles. The molecule has 0 saturated carbocycles. The molecule has 0 fully saturated rings. The highest BCUT2D eigenvalue weighted by Gasteiger charge is 2.33. The molecule has 4 heteroatoms. The lowest BCUT2D eigenvalue weighted by atomic mass is 9.79. The molecule has 120 valence electrons. The molecule has 3 rings (SSSR count). The van der Waals surface area contributed by atoms with Gasteiger partial charge in [0, 0.05) is 28.9 Å². The van der Waals surface area contributed by atoms with Crippen LogP contribution in [-0.4, -0.2) is 43.7 Å². The summed E-state index contributed by atoms with van der Waals surface area (Å²) >= 11 is 0. The van der Waals surface area contributed by atoms with Gasteiger partial charge in [0.1, 0.15) is 0 Å². The number of carbonyl (C=O) groups is 2. The molecule has 1 aromatic rings. The summed E-state index contributed by atoms with van der Waals surface area (Å²) in [7, 11) is 4.08. The molecule has 0 heterocycles. The summed E-state index contributed by atoms with van der Waals surface area (Å²) in [5.74, 6) is -0.0165. The second-order valence-electron chi connectivity index (χ2n) is 6.30. The molecule has 2 aliphatic carbocycles. The topological polar surface area (TPSA) is 49.4 Å². The molecule has 2 aliphatic rings. The summed E-state index contributed by atoms with van der Waals surface area (Å²) in [5.41, 5.74) is 3.10. The van der Waals surface area contributed by atoms with E-state index in [4.69, 9.17) is 0 Å². The zero-order valence-corrected chi connectivity index (χ0v) is 13.7. The monoisotopic (exact) mass is 310 g/mol. The van der Waals surface area contributed by atoms with Gasteiger partial charge in [0.25, 0.3) is 0 Å². The van der Waals surface area contributed by atoms with Crippen LogP contribution in [0.15, 0.2) is 41.5 Å². The normalized spacial score (nSPS) is 16.7. The number of anilines is 1. The van der Waals surface area contributed by atoms with Gasteiger partial charge in [0.15, 0.2) is 11.6 Å². The van der Waals surface area contributed by atoms with Crippen molar-refractivity contribution >= 4 is 17.3 Å². The van der Waals surface area contributed by atoms with Crippen LogP contribution >= 0.6 is 0 Å². The number of fused-ring (bicyclic) bond motifs is 1. The molecule has 0 bridgehead atoms. The molecule has 0 spiro atoms. The number of allylic oxidation sites excluding steroid dienone is 4. The van der Waals surface area contributed by atoms with Crippen LogP contribution in [0.3, 0.4) is 0 Å². The fourth-order valence-corrected chi connectivity index (χ4v) is 3.16. The number of carbonyl (C=O) groups excluding carboxylic acids is 2. The van der Waals surface area contributed by atoms with Crippen molar-refractivity contribution in [2.45, 2.75) is 19.3 Å². The van der Waals surface area contributed by atoms with E-state index in [1.807, 2.05) is 38.4 Å². The Labute approximate surface area is 136 Å². The smallest absolute Gasteiger partial charge is 0.196 e. The Balaban J connectivity index is 1.88. The molecular formula is C19H22N2O2. The summed E-state index contributed by atoms with van der Waals surface area (Å²) in [6, 6.07) is 5.50. The highest BCUT2D eigenvalue weighted by atomic mass is 16.1. The van der Waals surface area contributed by atoms with Gasteiger partial charge in [-0.25, -0.2) is 0 Å². The largest absolute Gasteiger partial charge is 0.384 e. The highest BCUT2D eigenvalue weighted by Crippen LogP contribution is 2.35. The molecule has 0 amide bonds. The average Bonchev–Trinajstić information content (AvgIpc) is 2.56. The lowest BCUT2D eigenvalue weighted by Crippen LogP contribution is -2.24. The van der Waals surface area contributed by atoms with Crippen molar-refractivity contribution in [3.05, 3.63) is 52.6 Å². The first-order valence-corrected chi connectivity index (χ1v) is 8.10. The van der Waals surface area contributed by atoms with Crippen molar-refractivity contribution in [2.75, 3.05) is 32.5 Å². The third-order valence-corrected chi connectivity index (χ3v) is 4.32. The number of rotatable bonds is 5.